The Labute approximate surface area is 192 Å². The predicted octanol–water partition coefficient (Wildman–Crippen LogP) is 4.26. The molecule has 1 atom stereocenters. The molecule has 0 aromatic heterocycles. The summed E-state index contributed by atoms with van der Waals surface area (Å²) in [6.07, 6.45) is 1.04. The third-order valence-electron chi connectivity index (χ3n) is 4.61. The van der Waals surface area contributed by atoms with Crippen LogP contribution < -0.4 is 10.6 Å². The first-order chi connectivity index (χ1) is 13.5. The molecule has 0 saturated heterocycles. The number of benzene rings is 2. The Morgan fingerprint density at radius 1 is 1.03 bits per heavy atom. The average molecular weight is 508 g/mol. The summed E-state index contributed by atoms with van der Waals surface area (Å²) in [5.74, 6) is 1.33. The van der Waals surface area contributed by atoms with E-state index in [2.05, 4.69) is 53.7 Å². The van der Waals surface area contributed by atoms with Crippen LogP contribution in [-0.2, 0) is 6.54 Å². The zero-order valence-electron chi connectivity index (χ0n) is 17.8. The Balaban J connectivity index is 0.00000420. The maximum Gasteiger partial charge on any atom is 0.253 e. The molecular formula is C23H33IN4O. The lowest BCUT2D eigenvalue weighted by Crippen LogP contribution is -2.38. The minimum atomic E-state index is 0. The molecule has 2 aromatic carbocycles. The molecule has 1 unspecified atom stereocenters. The third kappa shape index (κ3) is 8.43. The van der Waals surface area contributed by atoms with E-state index in [9.17, 15) is 4.79 Å². The van der Waals surface area contributed by atoms with Gasteiger partial charge in [0.1, 0.15) is 0 Å². The molecule has 0 saturated carbocycles. The largest absolute Gasteiger partial charge is 0.357 e. The Bertz CT molecular complexity index is 760. The van der Waals surface area contributed by atoms with Crippen LogP contribution in [0.3, 0.4) is 0 Å². The Hall–Kier alpha value is -2.09. The van der Waals surface area contributed by atoms with Gasteiger partial charge in [0.2, 0.25) is 0 Å². The molecule has 2 aromatic rings. The molecule has 2 N–H and O–H groups in total. The minimum Gasteiger partial charge on any atom is -0.357 e. The van der Waals surface area contributed by atoms with E-state index in [1.807, 2.05) is 30.3 Å². The zero-order valence-corrected chi connectivity index (χ0v) is 20.1. The Morgan fingerprint density at radius 2 is 1.69 bits per heavy atom. The second kappa shape index (κ2) is 13.2. The quantitative estimate of drug-likeness (QED) is 0.319. The summed E-state index contributed by atoms with van der Waals surface area (Å²) >= 11 is 0. The molecule has 5 nitrogen and oxygen atoms in total. The number of guanidine groups is 1. The van der Waals surface area contributed by atoms with Crippen molar-refractivity contribution in [2.75, 3.05) is 27.2 Å². The molecule has 0 aliphatic carbocycles. The van der Waals surface area contributed by atoms with E-state index >= 15 is 0 Å². The van der Waals surface area contributed by atoms with E-state index in [4.69, 9.17) is 0 Å². The highest BCUT2D eigenvalue weighted by Crippen LogP contribution is 2.17. The van der Waals surface area contributed by atoms with E-state index in [-0.39, 0.29) is 29.9 Å². The highest BCUT2D eigenvalue weighted by atomic mass is 127. The zero-order chi connectivity index (χ0) is 20.4. The van der Waals surface area contributed by atoms with Crippen LogP contribution in [0.5, 0.6) is 0 Å². The number of halogens is 1. The fourth-order valence-electron chi connectivity index (χ4n) is 2.88. The molecule has 0 heterocycles. The molecule has 0 radical (unpaired) electrons. The van der Waals surface area contributed by atoms with Crippen molar-refractivity contribution >= 4 is 35.8 Å². The predicted molar refractivity (Wildman–Crippen MR) is 132 cm³/mol. The molecule has 2 rings (SSSR count). The lowest BCUT2D eigenvalue weighted by Gasteiger charge is -2.15. The summed E-state index contributed by atoms with van der Waals surface area (Å²) in [5.41, 5.74) is 3.13. The van der Waals surface area contributed by atoms with E-state index in [0.717, 1.165) is 31.0 Å². The summed E-state index contributed by atoms with van der Waals surface area (Å²) in [4.78, 5) is 18.2. The van der Waals surface area contributed by atoms with Crippen molar-refractivity contribution in [2.45, 2.75) is 32.7 Å². The fraction of sp³-hybridized carbons (Fsp3) is 0.391. The second-order valence-electron chi connectivity index (χ2n) is 7.12. The number of rotatable bonds is 8. The summed E-state index contributed by atoms with van der Waals surface area (Å²) in [6, 6.07) is 18.2. The minimum absolute atomic E-state index is 0. The first-order valence-corrected chi connectivity index (χ1v) is 9.89. The van der Waals surface area contributed by atoms with Gasteiger partial charge in [-0.15, -0.1) is 24.0 Å². The van der Waals surface area contributed by atoms with Crippen molar-refractivity contribution in [2.24, 2.45) is 4.99 Å². The molecule has 0 bridgehead atoms. The maximum atomic E-state index is 12.0. The van der Waals surface area contributed by atoms with E-state index in [1.54, 1.807) is 19.0 Å². The van der Waals surface area contributed by atoms with Gasteiger partial charge in [0.15, 0.2) is 5.96 Å². The highest BCUT2D eigenvalue weighted by molar-refractivity contribution is 14.0. The van der Waals surface area contributed by atoms with Crippen LogP contribution in [0.2, 0.25) is 0 Å². The van der Waals surface area contributed by atoms with Gasteiger partial charge in [0, 0.05) is 32.7 Å². The number of hydrogen-bond acceptors (Lipinski definition) is 2. The van der Waals surface area contributed by atoms with Gasteiger partial charge in [-0.3, -0.25) is 4.79 Å². The van der Waals surface area contributed by atoms with Crippen molar-refractivity contribution in [3.63, 3.8) is 0 Å². The first kappa shape index (κ1) is 24.9. The first-order valence-electron chi connectivity index (χ1n) is 9.89. The van der Waals surface area contributed by atoms with Gasteiger partial charge in [-0.1, -0.05) is 49.4 Å². The van der Waals surface area contributed by atoms with Crippen molar-refractivity contribution in [1.29, 1.82) is 0 Å². The van der Waals surface area contributed by atoms with Crippen molar-refractivity contribution in [3.05, 3.63) is 71.3 Å². The second-order valence-corrected chi connectivity index (χ2v) is 7.12. The fourth-order valence-corrected chi connectivity index (χ4v) is 2.88. The summed E-state index contributed by atoms with van der Waals surface area (Å²) in [6.45, 7) is 6.55. The maximum absolute atomic E-state index is 12.0. The van der Waals surface area contributed by atoms with Crippen molar-refractivity contribution < 1.29 is 4.79 Å². The van der Waals surface area contributed by atoms with Crippen molar-refractivity contribution in [1.82, 2.24) is 15.5 Å². The van der Waals surface area contributed by atoms with Crippen LogP contribution in [-0.4, -0.2) is 44.0 Å². The van der Waals surface area contributed by atoms with Gasteiger partial charge in [-0.2, -0.15) is 0 Å². The van der Waals surface area contributed by atoms with Gasteiger partial charge < -0.3 is 15.5 Å². The number of aliphatic imine (C=N–C) groups is 1. The van der Waals surface area contributed by atoms with Crippen LogP contribution >= 0.6 is 24.0 Å². The molecule has 158 valence electrons. The van der Waals surface area contributed by atoms with E-state index < -0.39 is 0 Å². The standard InChI is InChI=1S/C23H32N4O.HI/c1-5-24-23(25-16-15-18(2)20-9-7-6-8-10-20)26-17-19-11-13-21(14-12-19)22(28)27(3)4;/h6-14,18H,5,15-17H2,1-4H3,(H2,24,25,26);1H. The SMILES string of the molecule is CCNC(=NCc1ccc(C(=O)N(C)C)cc1)NCCC(C)c1ccccc1.I. The molecule has 1 amide bonds. The van der Waals surface area contributed by atoms with Crippen LogP contribution in [0.4, 0.5) is 0 Å². The molecular weight excluding hydrogens is 475 g/mol. The van der Waals surface area contributed by atoms with Crippen LogP contribution in [0, 0.1) is 0 Å². The molecule has 0 spiro atoms. The number of nitrogens with one attached hydrogen (secondary N) is 2. The molecule has 29 heavy (non-hydrogen) atoms. The number of carbonyl (C=O) groups excluding carboxylic acids is 1. The Kier molecular flexibility index (Phi) is 11.3. The van der Waals surface area contributed by atoms with Crippen LogP contribution in [0.25, 0.3) is 0 Å². The summed E-state index contributed by atoms with van der Waals surface area (Å²) < 4.78 is 0. The van der Waals surface area contributed by atoms with Gasteiger partial charge in [-0.05, 0) is 42.5 Å². The molecule has 0 fully saturated rings. The molecule has 6 heteroatoms. The highest BCUT2D eigenvalue weighted by Gasteiger charge is 2.08. The van der Waals surface area contributed by atoms with Crippen LogP contribution in [0.1, 0.15) is 47.7 Å². The van der Waals surface area contributed by atoms with E-state index in [0.29, 0.717) is 18.0 Å². The summed E-state index contributed by atoms with van der Waals surface area (Å²) in [5, 5.41) is 6.70. The van der Waals surface area contributed by atoms with Crippen LogP contribution in [0.15, 0.2) is 59.6 Å². The van der Waals surface area contributed by atoms with Gasteiger partial charge in [-0.25, -0.2) is 4.99 Å². The molecule has 0 aliphatic rings. The molecule has 0 aliphatic heterocycles. The van der Waals surface area contributed by atoms with E-state index in [1.165, 1.54) is 5.56 Å². The third-order valence-corrected chi connectivity index (χ3v) is 4.61. The lowest BCUT2D eigenvalue weighted by atomic mass is 9.98. The topological polar surface area (TPSA) is 56.7 Å². The Morgan fingerprint density at radius 3 is 2.28 bits per heavy atom. The lowest BCUT2D eigenvalue weighted by molar-refractivity contribution is 0.0827. The monoisotopic (exact) mass is 508 g/mol. The smallest absolute Gasteiger partial charge is 0.253 e. The normalized spacial score (nSPS) is 11.9. The van der Waals surface area contributed by atoms with Gasteiger partial charge >= 0.3 is 0 Å². The number of amides is 1. The van der Waals surface area contributed by atoms with Crippen molar-refractivity contribution in [3.8, 4) is 0 Å². The summed E-state index contributed by atoms with van der Waals surface area (Å²) in [7, 11) is 3.51. The average Bonchev–Trinajstić information content (AvgIpc) is 2.72. The number of hydrogen-bond donors (Lipinski definition) is 2. The van der Waals surface area contributed by atoms with Gasteiger partial charge in [0.05, 0.1) is 6.54 Å². The number of nitrogens with zero attached hydrogens (tertiary/aromatic N) is 2. The van der Waals surface area contributed by atoms with Gasteiger partial charge in [0.25, 0.3) is 5.91 Å². The number of carbonyl (C=O) groups is 1.